The van der Waals surface area contributed by atoms with Gasteiger partial charge in [0.05, 0.1) is 18.2 Å². The Morgan fingerprint density at radius 3 is 2.55 bits per heavy atom. The minimum Gasteiger partial charge on any atom is -0.292 e. The molecule has 0 aliphatic carbocycles. The van der Waals surface area contributed by atoms with E-state index < -0.39 is 0 Å². The molecule has 5 nitrogen and oxygen atoms in total. The van der Waals surface area contributed by atoms with Gasteiger partial charge in [0.1, 0.15) is 11.6 Å². The van der Waals surface area contributed by atoms with Gasteiger partial charge in [0.2, 0.25) is 5.91 Å². The first-order valence-electron chi connectivity index (χ1n) is 9.72. The van der Waals surface area contributed by atoms with E-state index in [1.807, 2.05) is 69.3 Å². The number of aromatic nitrogens is 2. The second-order valence-electron chi connectivity index (χ2n) is 7.54. The Morgan fingerprint density at radius 2 is 1.83 bits per heavy atom. The van der Waals surface area contributed by atoms with Crippen molar-refractivity contribution in [3.63, 3.8) is 0 Å². The molecule has 29 heavy (non-hydrogen) atoms. The van der Waals surface area contributed by atoms with Crippen molar-refractivity contribution < 1.29 is 4.79 Å². The van der Waals surface area contributed by atoms with Crippen molar-refractivity contribution >= 4 is 11.7 Å². The molecule has 2 heterocycles. The maximum Gasteiger partial charge on any atom is 0.231 e. The summed E-state index contributed by atoms with van der Waals surface area (Å²) in [6, 6.07) is 17.8. The first-order chi connectivity index (χ1) is 14.0. The fourth-order valence-corrected chi connectivity index (χ4v) is 3.90. The minimum absolute atomic E-state index is 0.0886. The van der Waals surface area contributed by atoms with E-state index in [9.17, 15) is 10.1 Å². The smallest absolute Gasteiger partial charge is 0.231 e. The number of amides is 1. The van der Waals surface area contributed by atoms with Crippen LogP contribution < -0.4 is 4.90 Å². The van der Waals surface area contributed by atoms with Gasteiger partial charge in [0.25, 0.3) is 0 Å². The van der Waals surface area contributed by atoms with Crippen LogP contribution in [0.15, 0.2) is 48.5 Å². The summed E-state index contributed by atoms with van der Waals surface area (Å²) in [6.45, 7) is 6.26. The molecule has 0 spiro atoms. The van der Waals surface area contributed by atoms with Crippen LogP contribution in [0.1, 0.15) is 35.1 Å². The number of hydrogen-bond donors (Lipinski definition) is 0. The van der Waals surface area contributed by atoms with E-state index in [1.165, 1.54) is 0 Å². The Kier molecular flexibility index (Phi) is 4.85. The molecule has 0 saturated carbocycles. The van der Waals surface area contributed by atoms with E-state index in [0.29, 0.717) is 24.4 Å². The molecule has 1 atom stereocenters. The van der Waals surface area contributed by atoms with E-state index in [1.54, 1.807) is 4.90 Å². The molecule has 1 aromatic heterocycles. The van der Waals surface area contributed by atoms with Crippen molar-refractivity contribution in [3.05, 3.63) is 76.7 Å². The third-order valence-electron chi connectivity index (χ3n) is 5.41. The summed E-state index contributed by atoms with van der Waals surface area (Å²) in [6.07, 6.45) is 0.681. The molecule has 3 aromatic rings. The van der Waals surface area contributed by atoms with Crippen molar-refractivity contribution in [2.75, 3.05) is 4.90 Å². The fourth-order valence-electron chi connectivity index (χ4n) is 3.90. The van der Waals surface area contributed by atoms with Crippen LogP contribution in [0.5, 0.6) is 0 Å². The van der Waals surface area contributed by atoms with Crippen LogP contribution in [-0.2, 0) is 17.8 Å². The van der Waals surface area contributed by atoms with Gasteiger partial charge in [-0.25, -0.2) is 9.97 Å². The third kappa shape index (κ3) is 3.50. The van der Waals surface area contributed by atoms with Gasteiger partial charge < -0.3 is 0 Å². The standard InChI is InChI=1S/C24H22N4O/c1-15-12-22-16(2)26-17(3)27-23(22)28(24(15)29)14-18-8-10-19(11-9-18)21-7-5-4-6-20(21)13-25/h4-11,15H,12,14H2,1-3H3. The highest BCUT2D eigenvalue weighted by atomic mass is 16.2. The number of carbonyl (C=O) groups is 1. The number of nitriles is 1. The largest absolute Gasteiger partial charge is 0.292 e. The van der Waals surface area contributed by atoms with Gasteiger partial charge >= 0.3 is 0 Å². The van der Waals surface area contributed by atoms with Crippen LogP contribution >= 0.6 is 0 Å². The lowest BCUT2D eigenvalue weighted by molar-refractivity contribution is -0.122. The quantitative estimate of drug-likeness (QED) is 0.675. The molecule has 1 unspecified atom stereocenters. The van der Waals surface area contributed by atoms with Crippen LogP contribution in [0.2, 0.25) is 0 Å². The Hall–Kier alpha value is -3.52. The summed E-state index contributed by atoms with van der Waals surface area (Å²) in [7, 11) is 0. The molecule has 1 amide bonds. The average Bonchev–Trinajstić information content (AvgIpc) is 2.73. The highest BCUT2D eigenvalue weighted by Crippen LogP contribution is 2.32. The van der Waals surface area contributed by atoms with Crippen LogP contribution in [0.4, 0.5) is 5.82 Å². The van der Waals surface area contributed by atoms with Gasteiger partial charge in [-0.05, 0) is 43.0 Å². The molecular weight excluding hydrogens is 360 g/mol. The number of fused-ring (bicyclic) bond motifs is 1. The lowest BCUT2D eigenvalue weighted by Crippen LogP contribution is -2.41. The number of hydrogen-bond acceptors (Lipinski definition) is 4. The summed E-state index contributed by atoms with van der Waals surface area (Å²) in [5.41, 5.74) is 5.57. The number of nitrogens with zero attached hydrogens (tertiary/aromatic N) is 4. The Morgan fingerprint density at radius 1 is 1.10 bits per heavy atom. The first-order valence-corrected chi connectivity index (χ1v) is 9.72. The zero-order valence-electron chi connectivity index (χ0n) is 16.8. The first kappa shape index (κ1) is 18.8. The molecule has 0 saturated heterocycles. The Labute approximate surface area is 170 Å². The molecule has 5 heteroatoms. The maximum atomic E-state index is 12.9. The van der Waals surface area contributed by atoms with E-state index in [0.717, 1.165) is 33.8 Å². The van der Waals surface area contributed by atoms with E-state index >= 15 is 0 Å². The molecule has 2 aromatic carbocycles. The molecular formula is C24H22N4O. The van der Waals surface area contributed by atoms with Crippen molar-refractivity contribution in [1.29, 1.82) is 5.26 Å². The Bertz CT molecular complexity index is 1130. The minimum atomic E-state index is -0.0886. The van der Waals surface area contributed by atoms with Gasteiger partial charge in [-0.2, -0.15) is 5.26 Å². The van der Waals surface area contributed by atoms with Crippen LogP contribution in [-0.4, -0.2) is 15.9 Å². The van der Waals surface area contributed by atoms with Gasteiger partial charge in [0, 0.05) is 17.2 Å². The summed E-state index contributed by atoms with van der Waals surface area (Å²) in [5.74, 6) is 1.41. The Balaban J connectivity index is 1.66. The molecule has 0 bridgehead atoms. The number of anilines is 1. The van der Waals surface area contributed by atoms with E-state index in [-0.39, 0.29) is 11.8 Å². The highest BCUT2D eigenvalue weighted by Gasteiger charge is 2.32. The molecule has 0 fully saturated rings. The second kappa shape index (κ2) is 7.48. The number of benzene rings is 2. The monoisotopic (exact) mass is 382 g/mol. The zero-order valence-corrected chi connectivity index (χ0v) is 16.8. The molecule has 0 N–H and O–H groups in total. The fraction of sp³-hybridized carbons (Fsp3) is 0.250. The normalized spacial score (nSPS) is 15.7. The van der Waals surface area contributed by atoms with Crippen molar-refractivity contribution in [2.24, 2.45) is 5.92 Å². The van der Waals surface area contributed by atoms with E-state index in [4.69, 9.17) is 0 Å². The van der Waals surface area contributed by atoms with Crippen LogP contribution in [0.25, 0.3) is 11.1 Å². The third-order valence-corrected chi connectivity index (χ3v) is 5.41. The van der Waals surface area contributed by atoms with E-state index in [2.05, 4.69) is 16.0 Å². The SMILES string of the molecule is Cc1nc(C)c2c(n1)N(Cc1ccc(-c3ccccc3C#N)cc1)C(=O)C(C)C2. The molecule has 1 aliphatic rings. The van der Waals surface area contributed by atoms with Crippen molar-refractivity contribution in [2.45, 2.75) is 33.7 Å². The van der Waals surface area contributed by atoms with Gasteiger partial charge in [-0.3, -0.25) is 9.69 Å². The van der Waals surface area contributed by atoms with Crippen LogP contribution in [0, 0.1) is 31.1 Å². The number of rotatable bonds is 3. The predicted octanol–water partition coefficient (Wildman–Crippen LogP) is 4.36. The van der Waals surface area contributed by atoms with Crippen molar-refractivity contribution in [3.8, 4) is 17.2 Å². The average molecular weight is 382 g/mol. The molecule has 144 valence electrons. The number of aryl methyl sites for hydroxylation is 2. The predicted molar refractivity (Wildman–Crippen MR) is 112 cm³/mol. The number of carbonyl (C=O) groups excluding carboxylic acids is 1. The molecule has 0 radical (unpaired) electrons. The van der Waals surface area contributed by atoms with Gasteiger partial charge in [-0.15, -0.1) is 0 Å². The lowest BCUT2D eigenvalue weighted by atomic mass is 9.93. The summed E-state index contributed by atoms with van der Waals surface area (Å²) < 4.78 is 0. The molecule has 1 aliphatic heterocycles. The summed E-state index contributed by atoms with van der Waals surface area (Å²) in [4.78, 5) is 23.8. The summed E-state index contributed by atoms with van der Waals surface area (Å²) >= 11 is 0. The lowest BCUT2D eigenvalue weighted by Gasteiger charge is -2.32. The summed E-state index contributed by atoms with van der Waals surface area (Å²) in [5, 5.41) is 9.34. The zero-order chi connectivity index (χ0) is 20.5. The topological polar surface area (TPSA) is 69.9 Å². The molecule has 4 rings (SSSR count). The highest BCUT2D eigenvalue weighted by molar-refractivity contribution is 5.97. The maximum absolute atomic E-state index is 12.9. The van der Waals surface area contributed by atoms with Gasteiger partial charge in [0.15, 0.2) is 0 Å². The van der Waals surface area contributed by atoms with Crippen LogP contribution in [0.3, 0.4) is 0 Å². The van der Waals surface area contributed by atoms with Gasteiger partial charge in [-0.1, -0.05) is 49.4 Å². The van der Waals surface area contributed by atoms with Crippen molar-refractivity contribution in [1.82, 2.24) is 9.97 Å². The second-order valence-corrected chi connectivity index (χ2v) is 7.54.